The second-order valence-electron chi connectivity index (χ2n) is 7.15. The summed E-state index contributed by atoms with van der Waals surface area (Å²) in [5, 5.41) is 1.07. The van der Waals surface area contributed by atoms with Crippen LogP contribution in [0, 0.1) is 0 Å². The number of aryl methyl sites for hydroxylation is 1. The SMILES string of the molecule is BrCCCCCOc1ccccc1CC/C(=C/c1ccccc1)c1ccccc1. The molecule has 3 aromatic rings. The molecule has 0 spiro atoms. The van der Waals surface area contributed by atoms with E-state index in [2.05, 4.69) is 107 Å². The van der Waals surface area contributed by atoms with Gasteiger partial charge in [0.05, 0.1) is 6.61 Å². The van der Waals surface area contributed by atoms with Crippen molar-refractivity contribution in [1.29, 1.82) is 0 Å². The number of alkyl halides is 1. The van der Waals surface area contributed by atoms with Crippen LogP contribution in [-0.2, 0) is 6.42 Å². The van der Waals surface area contributed by atoms with Crippen molar-refractivity contribution in [3.63, 3.8) is 0 Å². The summed E-state index contributed by atoms with van der Waals surface area (Å²) in [5.74, 6) is 1.03. The van der Waals surface area contributed by atoms with Crippen molar-refractivity contribution in [2.45, 2.75) is 32.1 Å². The van der Waals surface area contributed by atoms with Crippen LogP contribution in [0.25, 0.3) is 11.6 Å². The van der Waals surface area contributed by atoms with Gasteiger partial charge in [-0.2, -0.15) is 0 Å². The van der Waals surface area contributed by atoms with Crippen molar-refractivity contribution >= 4 is 27.6 Å². The summed E-state index contributed by atoms with van der Waals surface area (Å²) in [4.78, 5) is 0. The van der Waals surface area contributed by atoms with Gasteiger partial charge in [0.15, 0.2) is 0 Å². The molecule has 0 saturated carbocycles. The molecule has 0 amide bonds. The van der Waals surface area contributed by atoms with E-state index in [9.17, 15) is 0 Å². The first-order valence-electron chi connectivity index (χ1n) is 10.4. The number of unbranched alkanes of at least 4 members (excludes halogenated alkanes) is 2. The largest absolute Gasteiger partial charge is 0.493 e. The fraction of sp³-hybridized carbons (Fsp3) is 0.259. The zero-order valence-electron chi connectivity index (χ0n) is 16.9. The van der Waals surface area contributed by atoms with Crippen LogP contribution in [0.15, 0.2) is 84.9 Å². The van der Waals surface area contributed by atoms with E-state index in [4.69, 9.17) is 4.74 Å². The summed E-state index contributed by atoms with van der Waals surface area (Å²) in [6, 6.07) is 29.7. The summed E-state index contributed by atoms with van der Waals surface area (Å²) >= 11 is 3.49. The van der Waals surface area contributed by atoms with Gasteiger partial charge in [0.25, 0.3) is 0 Å². The fourth-order valence-corrected chi connectivity index (χ4v) is 3.77. The Morgan fingerprint density at radius 3 is 2.21 bits per heavy atom. The van der Waals surface area contributed by atoms with Gasteiger partial charge in [0, 0.05) is 5.33 Å². The molecule has 0 heterocycles. The average Bonchev–Trinajstić information content (AvgIpc) is 2.78. The molecule has 29 heavy (non-hydrogen) atoms. The minimum absolute atomic E-state index is 0.787. The molecule has 0 saturated heterocycles. The number of allylic oxidation sites excluding steroid dienone is 1. The summed E-state index contributed by atoms with van der Waals surface area (Å²) in [5.41, 5.74) is 5.15. The van der Waals surface area contributed by atoms with Gasteiger partial charge >= 0.3 is 0 Å². The Balaban J connectivity index is 1.71. The standard InChI is InChI=1S/C27H29BrO/c28-20-10-3-11-21-29-27-17-9-8-16-25(27)18-19-26(24-14-6-2-7-15-24)22-23-12-4-1-5-13-23/h1-2,4-9,12-17,22H,3,10-11,18-21H2/b26-22-. The van der Waals surface area contributed by atoms with Gasteiger partial charge in [0.1, 0.15) is 5.75 Å². The second-order valence-corrected chi connectivity index (χ2v) is 7.95. The predicted molar refractivity (Wildman–Crippen MR) is 129 cm³/mol. The van der Waals surface area contributed by atoms with Crippen LogP contribution in [0.5, 0.6) is 5.75 Å². The van der Waals surface area contributed by atoms with Crippen molar-refractivity contribution in [1.82, 2.24) is 0 Å². The van der Waals surface area contributed by atoms with E-state index in [0.717, 1.165) is 36.9 Å². The third-order valence-electron chi connectivity index (χ3n) is 4.96. The van der Waals surface area contributed by atoms with Crippen LogP contribution in [0.2, 0.25) is 0 Å². The highest BCUT2D eigenvalue weighted by molar-refractivity contribution is 9.09. The first-order chi connectivity index (χ1) is 14.4. The van der Waals surface area contributed by atoms with Gasteiger partial charge in [-0.25, -0.2) is 0 Å². The van der Waals surface area contributed by atoms with Crippen LogP contribution < -0.4 is 4.74 Å². The number of ether oxygens (including phenoxy) is 1. The minimum Gasteiger partial charge on any atom is -0.493 e. The lowest BCUT2D eigenvalue weighted by molar-refractivity contribution is 0.303. The van der Waals surface area contributed by atoms with Crippen molar-refractivity contribution in [2.75, 3.05) is 11.9 Å². The molecule has 2 heteroatoms. The van der Waals surface area contributed by atoms with Crippen molar-refractivity contribution in [3.05, 3.63) is 102 Å². The summed E-state index contributed by atoms with van der Waals surface area (Å²) in [6.45, 7) is 0.787. The van der Waals surface area contributed by atoms with Crippen molar-refractivity contribution < 1.29 is 4.74 Å². The van der Waals surface area contributed by atoms with Crippen LogP contribution in [0.1, 0.15) is 42.4 Å². The fourth-order valence-electron chi connectivity index (χ4n) is 3.38. The second kappa shape index (κ2) is 12.3. The molecule has 0 aromatic heterocycles. The Hall–Kier alpha value is -2.32. The smallest absolute Gasteiger partial charge is 0.122 e. The maximum atomic E-state index is 6.11. The lowest BCUT2D eigenvalue weighted by atomic mass is 9.96. The minimum atomic E-state index is 0.787. The van der Waals surface area contributed by atoms with Crippen LogP contribution in [0.4, 0.5) is 0 Å². The van der Waals surface area contributed by atoms with Crippen LogP contribution in [0.3, 0.4) is 0 Å². The van der Waals surface area contributed by atoms with E-state index in [1.807, 2.05) is 0 Å². The molecule has 150 valence electrons. The predicted octanol–water partition coefficient (Wildman–Crippen LogP) is 7.80. The number of hydrogen-bond acceptors (Lipinski definition) is 1. The molecule has 3 aromatic carbocycles. The van der Waals surface area contributed by atoms with Gasteiger partial charge in [0.2, 0.25) is 0 Å². The third kappa shape index (κ3) is 7.21. The maximum Gasteiger partial charge on any atom is 0.122 e. The molecule has 0 radical (unpaired) electrons. The Morgan fingerprint density at radius 2 is 1.45 bits per heavy atom. The quantitative estimate of drug-likeness (QED) is 0.165. The van der Waals surface area contributed by atoms with Gasteiger partial charge in [-0.3, -0.25) is 0 Å². The molecule has 0 fully saturated rings. The van der Waals surface area contributed by atoms with Crippen LogP contribution in [-0.4, -0.2) is 11.9 Å². The molecule has 0 aliphatic heterocycles. The molecule has 0 N–H and O–H groups in total. The first kappa shape index (κ1) is 21.4. The van der Waals surface area contributed by atoms with E-state index < -0.39 is 0 Å². The highest BCUT2D eigenvalue weighted by atomic mass is 79.9. The number of rotatable bonds is 11. The molecule has 0 aliphatic carbocycles. The van der Waals surface area contributed by atoms with Gasteiger partial charge < -0.3 is 4.74 Å². The number of benzene rings is 3. The topological polar surface area (TPSA) is 9.23 Å². The highest BCUT2D eigenvalue weighted by Crippen LogP contribution is 2.27. The zero-order valence-corrected chi connectivity index (χ0v) is 18.5. The summed E-state index contributed by atoms with van der Waals surface area (Å²) < 4.78 is 6.11. The molecule has 1 nitrogen and oxygen atoms in total. The van der Waals surface area contributed by atoms with Crippen LogP contribution >= 0.6 is 15.9 Å². The lowest BCUT2D eigenvalue weighted by Crippen LogP contribution is -2.01. The van der Waals surface area contributed by atoms with E-state index in [1.54, 1.807) is 0 Å². The van der Waals surface area contributed by atoms with Crippen molar-refractivity contribution in [2.24, 2.45) is 0 Å². The molecule has 3 rings (SSSR count). The Morgan fingerprint density at radius 1 is 0.759 bits per heavy atom. The molecule has 0 bridgehead atoms. The van der Waals surface area contributed by atoms with Gasteiger partial charge in [-0.15, -0.1) is 0 Å². The molecule has 0 aliphatic rings. The first-order valence-corrected chi connectivity index (χ1v) is 11.6. The molecular weight excluding hydrogens is 420 g/mol. The van der Waals surface area contributed by atoms with E-state index in [-0.39, 0.29) is 0 Å². The van der Waals surface area contributed by atoms with Gasteiger partial charge in [-0.1, -0.05) is 101 Å². The van der Waals surface area contributed by atoms with Gasteiger partial charge in [-0.05, 0) is 60.4 Å². The molecule has 0 atom stereocenters. The molecule has 0 unspecified atom stereocenters. The average molecular weight is 449 g/mol. The monoisotopic (exact) mass is 448 g/mol. The number of hydrogen-bond donors (Lipinski definition) is 0. The Kier molecular flexibility index (Phi) is 9.06. The van der Waals surface area contributed by atoms with E-state index >= 15 is 0 Å². The zero-order chi connectivity index (χ0) is 20.2. The number of halogens is 1. The Bertz CT molecular complexity index is 871. The summed E-state index contributed by atoms with van der Waals surface area (Å²) in [7, 11) is 0. The Labute approximate surface area is 183 Å². The number of para-hydroxylation sites is 1. The summed E-state index contributed by atoms with van der Waals surface area (Å²) in [6.07, 6.45) is 7.75. The van der Waals surface area contributed by atoms with E-state index in [1.165, 1.54) is 35.1 Å². The highest BCUT2D eigenvalue weighted by Gasteiger charge is 2.07. The van der Waals surface area contributed by atoms with Crippen molar-refractivity contribution in [3.8, 4) is 5.75 Å². The third-order valence-corrected chi connectivity index (χ3v) is 5.52. The normalized spacial score (nSPS) is 11.4. The molecular formula is C27H29BrO. The maximum absolute atomic E-state index is 6.11. The van der Waals surface area contributed by atoms with E-state index in [0.29, 0.717) is 0 Å². The lowest BCUT2D eigenvalue weighted by Gasteiger charge is -2.13.